The Morgan fingerprint density at radius 2 is 2.21 bits per heavy atom. The number of rotatable bonds is 2. The molecule has 0 radical (unpaired) electrons. The van der Waals surface area contributed by atoms with Gasteiger partial charge >= 0.3 is 0 Å². The molecule has 0 bridgehead atoms. The number of hydrogen-bond acceptors (Lipinski definition) is 3. The number of carbonyl (C=O) groups is 1. The maximum Gasteiger partial charge on any atom is 0.257 e. The summed E-state index contributed by atoms with van der Waals surface area (Å²) in [5.41, 5.74) is 2.05. The van der Waals surface area contributed by atoms with Gasteiger partial charge in [-0.3, -0.25) is 9.78 Å². The lowest BCUT2D eigenvalue weighted by Gasteiger charge is -2.09. The Labute approximate surface area is 115 Å². The van der Waals surface area contributed by atoms with Crippen molar-refractivity contribution in [3.63, 3.8) is 0 Å². The molecule has 0 unspecified atom stereocenters. The fraction of sp³-hybridized carbons (Fsp3) is 0.0714. The zero-order chi connectivity index (χ0) is 13.8. The van der Waals surface area contributed by atoms with E-state index in [0.717, 1.165) is 5.56 Å². The van der Waals surface area contributed by atoms with Gasteiger partial charge in [0, 0.05) is 12.4 Å². The van der Waals surface area contributed by atoms with Gasteiger partial charge in [-0.05, 0) is 24.6 Å². The van der Waals surface area contributed by atoms with Gasteiger partial charge in [-0.25, -0.2) is 0 Å². The number of carbonyl (C=O) groups excluding carboxylic acids is 1. The number of aromatic nitrogens is 1. The summed E-state index contributed by atoms with van der Waals surface area (Å²) in [5.74, 6) is -0.366. The first-order chi connectivity index (χ1) is 9.13. The van der Waals surface area contributed by atoms with Crippen molar-refractivity contribution in [1.82, 2.24) is 4.98 Å². The molecule has 1 amide bonds. The fourth-order valence-electron chi connectivity index (χ4n) is 1.67. The summed E-state index contributed by atoms with van der Waals surface area (Å²) in [4.78, 5) is 15.9. The zero-order valence-corrected chi connectivity index (χ0v) is 10.9. The summed E-state index contributed by atoms with van der Waals surface area (Å²) in [6.07, 6.45) is 2.89. The molecule has 2 aromatic rings. The lowest BCUT2D eigenvalue weighted by Crippen LogP contribution is -2.13. The van der Waals surface area contributed by atoms with E-state index in [0.29, 0.717) is 16.8 Å². The van der Waals surface area contributed by atoms with Gasteiger partial charge in [0.2, 0.25) is 0 Å². The Balaban J connectivity index is 2.33. The second-order valence-corrected chi connectivity index (χ2v) is 4.33. The second-order valence-electron chi connectivity index (χ2n) is 3.92. The summed E-state index contributed by atoms with van der Waals surface area (Å²) in [5, 5.41) is 12.1. The van der Waals surface area contributed by atoms with Crippen LogP contribution in [0, 0.1) is 18.3 Å². The van der Waals surface area contributed by atoms with Gasteiger partial charge in [0.25, 0.3) is 5.91 Å². The predicted octanol–water partition coefficient (Wildman–Crippen LogP) is 3.17. The maximum atomic E-state index is 12.1. The van der Waals surface area contributed by atoms with E-state index in [1.165, 1.54) is 18.5 Å². The molecule has 1 aromatic carbocycles. The van der Waals surface area contributed by atoms with Crippen LogP contribution in [0.4, 0.5) is 5.69 Å². The number of nitrogens with one attached hydrogen (secondary N) is 1. The molecule has 0 spiro atoms. The first-order valence-electron chi connectivity index (χ1n) is 5.54. The van der Waals surface area contributed by atoms with Gasteiger partial charge in [0.15, 0.2) is 0 Å². The highest BCUT2D eigenvalue weighted by molar-refractivity contribution is 6.34. The summed E-state index contributed by atoms with van der Waals surface area (Å²) in [7, 11) is 0. The Morgan fingerprint density at radius 3 is 2.89 bits per heavy atom. The third kappa shape index (κ3) is 2.72. The number of anilines is 1. The quantitative estimate of drug-likeness (QED) is 0.912. The number of halogens is 1. The third-order valence-corrected chi connectivity index (χ3v) is 2.95. The molecule has 0 aliphatic rings. The van der Waals surface area contributed by atoms with E-state index in [2.05, 4.69) is 16.4 Å². The van der Waals surface area contributed by atoms with Crippen molar-refractivity contribution in [2.24, 2.45) is 0 Å². The summed E-state index contributed by atoms with van der Waals surface area (Å²) < 4.78 is 0. The van der Waals surface area contributed by atoms with E-state index in [4.69, 9.17) is 16.9 Å². The molecule has 0 saturated carbocycles. The van der Waals surface area contributed by atoms with E-state index in [9.17, 15) is 4.79 Å². The molecule has 4 nitrogen and oxygen atoms in total. The van der Waals surface area contributed by atoms with Gasteiger partial charge in [-0.2, -0.15) is 5.26 Å². The van der Waals surface area contributed by atoms with Crippen LogP contribution in [0.2, 0.25) is 5.02 Å². The molecule has 0 aliphatic heterocycles. The van der Waals surface area contributed by atoms with Crippen molar-refractivity contribution >= 4 is 23.2 Å². The number of hydrogen-bond donors (Lipinski definition) is 1. The lowest BCUT2D eigenvalue weighted by molar-refractivity contribution is 0.102. The highest BCUT2D eigenvalue weighted by Gasteiger charge is 2.13. The molecule has 1 N–H and O–H groups in total. The van der Waals surface area contributed by atoms with Gasteiger partial charge in [-0.1, -0.05) is 23.7 Å². The Morgan fingerprint density at radius 1 is 1.42 bits per heavy atom. The van der Waals surface area contributed by atoms with E-state index in [1.807, 2.05) is 13.0 Å². The smallest absolute Gasteiger partial charge is 0.257 e. The normalized spacial score (nSPS) is 9.74. The monoisotopic (exact) mass is 271 g/mol. The number of benzene rings is 1. The summed E-state index contributed by atoms with van der Waals surface area (Å²) in [6, 6.07) is 8.87. The van der Waals surface area contributed by atoms with Crippen LogP contribution in [0.3, 0.4) is 0 Å². The van der Waals surface area contributed by atoms with Crippen LogP contribution in [-0.2, 0) is 0 Å². The minimum atomic E-state index is -0.366. The molecule has 0 saturated heterocycles. The Hall–Kier alpha value is -2.38. The van der Waals surface area contributed by atoms with Gasteiger partial charge in [0.05, 0.1) is 21.8 Å². The highest BCUT2D eigenvalue weighted by Crippen LogP contribution is 2.21. The van der Waals surface area contributed by atoms with E-state index in [-0.39, 0.29) is 10.9 Å². The van der Waals surface area contributed by atoms with Gasteiger partial charge in [0.1, 0.15) is 6.07 Å². The third-order valence-electron chi connectivity index (χ3n) is 2.65. The molecular formula is C14H10ClN3O. The molecule has 19 heavy (non-hydrogen) atoms. The molecule has 0 atom stereocenters. The van der Waals surface area contributed by atoms with Crippen LogP contribution in [0.15, 0.2) is 36.7 Å². The van der Waals surface area contributed by atoms with E-state index >= 15 is 0 Å². The van der Waals surface area contributed by atoms with Crippen molar-refractivity contribution in [2.45, 2.75) is 6.92 Å². The number of amides is 1. The first-order valence-corrected chi connectivity index (χ1v) is 5.92. The van der Waals surface area contributed by atoms with Crippen molar-refractivity contribution in [2.75, 3.05) is 5.32 Å². The topological polar surface area (TPSA) is 65.8 Å². The number of aryl methyl sites for hydroxylation is 1. The van der Waals surface area contributed by atoms with Crippen LogP contribution >= 0.6 is 11.6 Å². The number of pyridine rings is 1. The predicted molar refractivity (Wildman–Crippen MR) is 73.1 cm³/mol. The van der Waals surface area contributed by atoms with Gasteiger partial charge in [-0.15, -0.1) is 0 Å². The highest BCUT2D eigenvalue weighted by atomic mass is 35.5. The Kier molecular flexibility index (Phi) is 3.79. The van der Waals surface area contributed by atoms with Crippen LogP contribution in [-0.4, -0.2) is 10.9 Å². The molecule has 5 heteroatoms. The zero-order valence-electron chi connectivity index (χ0n) is 10.1. The van der Waals surface area contributed by atoms with Crippen LogP contribution in [0.25, 0.3) is 0 Å². The molecule has 0 aliphatic carbocycles. The fourth-order valence-corrected chi connectivity index (χ4v) is 1.87. The molecule has 94 valence electrons. The van der Waals surface area contributed by atoms with Crippen LogP contribution in [0.1, 0.15) is 21.5 Å². The average molecular weight is 272 g/mol. The largest absolute Gasteiger partial charge is 0.321 e. The summed E-state index contributed by atoms with van der Waals surface area (Å²) in [6.45, 7) is 1.81. The minimum Gasteiger partial charge on any atom is -0.321 e. The summed E-state index contributed by atoms with van der Waals surface area (Å²) >= 11 is 5.90. The van der Waals surface area contributed by atoms with Crippen LogP contribution in [0.5, 0.6) is 0 Å². The van der Waals surface area contributed by atoms with Crippen molar-refractivity contribution < 1.29 is 4.79 Å². The lowest BCUT2D eigenvalue weighted by atomic mass is 10.1. The van der Waals surface area contributed by atoms with E-state index < -0.39 is 0 Å². The number of nitriles is 1. The van der Waals surface area contributed by atoms with Gasteiger partial charge < -0.3 is 5.32 Å². The molecular weight excluding hydrogens is 262 g/mol. The average Bonchev–Trinajstić information content (AvgIpc) is 2.39. The standard InChI is InChI=1S/C14H10ClN3O/c1-9-3-2-4-13(11(9)7-16)18-14(19)10-5-6-17-8-12(10)15/h2-6,8H,1H3,(H,18,19). The number of nitrogens with zero attached hydrogens (tertiary/aromatic N) is 2. The molecule has 2 rings (SSSR count). The molecule has 0 fully saturated rings. The maximum absolute atomic E-state index is 12.1. The second kappa shape index (κ2) is 5.51. The van der Waals surface area contributed by atoms with Crippen molar-refractivity contribution in [1.29, 1.82) is 5.26 Å². The van der Waals surface area contributed by atoms with E-state index in [1.54, 1.807) is 12.1 Å². The van der Waals surface area contributed by atoms with Crippen molar-refractivity contribution in [3.8, 4) is 6.07 Å². The Bertz CT molecular complexity index is 677. The van der Waals surface area contributed by atoms with Crippen molar-refractivity contribution in [3.05, 3.63) is 58.4 Å². The SMILES string of the molecule is Cc1cccc(NC(=O)c2ccncc2Cl)c1C#N. The van der Waals surface area contributed by atoms with Crippen LogP contribution < -0.4 is 5.32 Å². The molecule has 1 heterocycles. The minimum absolute atomic E-state index is 0.270. The first kappa shape index (κ1) is 13.1. The molecule has 1 aromatic heterocycles.